The van der Waals surface area contributed by atoms with Crippen LogP contribution in [0, 0.1) is 5.92 Å². The van der Waals surface area contributed by atoms with E-state index in [1.165, 1.54) is 5.69 Å². The topological polar surface area (TPSA) is 78.1 Å². The molecule has 2 aromatic rings. The third-order valence-electron chi connectivity index (χ3n) is 7.44. The van der Waals surface area contributed by atoms with E-state index in [-0.39, 0.29) is 24.2 Å². The number of anilines is 1. The number of hydrazine groups is 1. The SMILES string of the molecule is CN1CCN(c2ccc(C(=O)NC3NNC4CC(OCCOc5ccccc5)CCC43)cc2)CC1. The Morgan fingerprint density at radius 3 is 2.51 bits per heavy atom. The average molecular weight is 480 g/mol. The highest BCUT2D eigenvalue weighted by Crippen LogP contribution is 2.31. The lowest BCUT2D eigenvalue weighted by Gasteiger charge is -2.34. The number of fused-ring (bicyclic) bond motifs is 1. The fourth-order valence-corrected chi connectivity index (χ4v) is 5.32. The summed E-state index contributed by atoms with van der Waals surface area (Å²) in [7, 11) is 2.16. The number of rotatable bonds is 8. The van der Waals surface area contributed by atoms with Crippen molar-refractivity contribution in [3.05, 3.63) is 60.2 Å². The van der Waals surface area contributed by atoms with Crippen LogP contribution < -0.4 is 25.8 Å². The average Bonchev–Trinajstić information content (AvgIpc) is 3.29. The largest absolute Gasteiger partial charge is 0.491 e. The molecule has 1 amide bonds. The van der Waals surface area contributed by atoms with Gasteiger partial charge < -0.3 is 24.6 Å². The first-order chi connectivity index (χ1) is 17.2. The van der Waals surface area contributed by atoms with Crippen LogP contribution in [0.1, 0.15) is 29.6 Å². The van der Waals surface area contributed by atoms with Gasteiger partial charge in [-0.25, -0.2) is 5.43 Å². The molecule has 3 aliphatic rings. The molecule has 2 aromatic carbocycles. The lowest BCUT2D eigenvalue weighted by Crippen LogP contribution is -2.47. The Morgan fingerprint density at radius 1 is 0.971 bits per heavy atom. The number of nitrogens with zero attached hydrogens (tertiary/aromatic N) is 2. The van der Waals surface area contributed by atoms with Crippen LogP contribution in [0.15, 0.2) is 54.6 Å². The monoisotopic (exact) mass is 479 g/mol. The zero-order valence-electron chi connectivity index (χ0n) is 20.5. The van der Waals surface area contributed by atoms with Crippen molar-refractivity contribution >= 4 is 11.6 Å². The molecule has 35 heavy (non-hydrogen) atoms. The second-order valence-electron chi connectivity index (χ2n) is 9.81. The van der Waals surface area contributed by atoms with E-state index in [9.17, 15) is 4.79 Å². The van der Waals surface area contributed by atoms with Crippen LogP contribution >= 0.6 is 0 Å². The highest BCUT2D eigenvalue weighted by molar-refractivity contribution is 5.94. The molecule has 0 spiro atoms. The molecule has 0 bridgehead atoms. The third kappa shape index (κ3) is 6.13. The molecule has 3 N–H and O–H groups in total. The Hall–Kier alpha value is -2.65. The number of benzene rings is 2. The molecular weight excluding hydrogens is 442 g/mol. The molecule has 8 heteroatoms. The number of ether oxygens (including phenoxy) is 2. The number of nitrogens with one attached hydrogen (secondary N) is 3. The Kier molecular flexibility index (Phi) is 7.83. The summed E-state index contributed by atoms with van der Waals surface area (Å²) in [6, 6.07) is 18.1. The molecule has 5 rings (SSSR count). The van der Waals surface area contributed by atoms with E-state index >= 15 is 0 Å². The smallest absolute Gasteiger partial charge is 0.252 e. The lowest BCUT2D eigenvalue weighted by atomic mass is 9.82. The summed E-state index contributed by atoms with van der Waals surface area (Å²) in [6.45, 7) is 5.30. The van der Waals surface area contributed by atoms with Crippen molar-refractivity contribution < 1.29 is 14.3 Å². The van der Waals surface area contributed by atoms with Gasteiger partial charge in [0.1, 0.15) is 12.4 Å². The second-order valence-corrected chi connectivity index (χ2v) is 9.81. The molecule has 8 nitrogen and oxygen atoms in total. The standard InChI is InChI=1S/C27H37N5O3/c1-31-13-15-32(16-14-31)21-9-7-20(8-10-21)27(33)28-26-24-12-11-23(19-25(24)29-30-26)35-18-17-34-22-5-3-2-4-6-22/h2-10,23-26,29-30H,11-19H2,1H3,(H,28,33). The summed E-state index contributed by atoms with van der Waals surface area (Å²) >= 11 is 0. The molecule has 1 aliphatic carbocycles. The quantitative estimate of drug-likeness (QED) is 0.501. The molecule has 2 aliphatic heterocycles. The predicted octanol–water partition coefficient (Wildman–Crippen LogP) is 2.24. The maximum Gasteiger partial charge on any atom is 0.252 e. The van der Waals surface area contributed by atoms with E-state index in [2.05, 4.69) is 45.1 Å². The minimum absolute atomic E-state index is 0.0358. The van der Waals surface area contributed by atoms with Crippen molar-refractivity contribution in [1.29, 1.82) is 0 Å². The van der Waals surface area contributed by atoms with E-state index in [0.717, 1.165) is 51.2 Å². The molecule has 4 unspecified atom stereocenters. The van der Waals surface area contributed by atoms with E-state index in [1.807, 2.05) is 42.5 Å². The van der Waals surface area contributed by atoms with Crippen molar-refractivity contribution in [3.63, 3.8) is 0 Å². The predicted molar refractivity (Wildman–Crippen MR) is 136 cm³/mol. The Morgan fingerprint density at radius 2 is 1.74 bits per heavy atom. The van der Waals surface area contributed by atoms with E-state index < -0.39 is 0 Å². The molecule has 3 fully saturated rings. The highest BCUT2D eigenvalue weighted by Gasteiger charge is 2.41. The second kappa shape index (κ2) is 11.4. The molecular formula is C27H37N5O3. The first-order valence-corrected chi connectivity index (χ1v) is 12.8. The van der Waals surface area contributed by atoms with Crippen LogP contribution in [0.25, 0.3) is 0 Å². The summed E-state index contributed by atoms with van der Waals surface area (Å²) in [5.41, 5.74) is 8.56. The van der Waals surface area contributed by atoms with Gasteiger partial charge >= 0.3 is 0 Å². The molecule has 4 atom stereocenters. The van der Waals surface area contributed by atoms with Crippen molar-refractivity contribution in [2.75, 3.05) is 51.3 Å². The van der Waals surface area contributed by atoms with Crippen molar-refractivity contribution in [2.24, 2.45) is 5.92 Å². The van der Waals surface area contributed by atoms with Crippen molar-refractivity contribution in [2.45, 2.75) is 37.6 Å². The number of para-hydroxylation sites is 1. The number of hydrogen-bond acceptors (Lipinski definition) is 7. The Labute approximate surface area is 207 Å². The third-order valence-corrected chi connectivity index (χ3v) is 7.44. The van der Waals surface area contributed by atoms with Gasteiger partial charge in [-0.2, -0.15) is 0 Å². The molecule has 0 radical (unpaired) electrons. The minimum atomic E-state index is -0.0767. The van der Waals surface area contributed by atoms with Crippen LogP contribution in [0.4, 0.5) is 5.69 Å². The zero-order chi connectivity index (χ0) is 24.0. The fourth-order valence-electron chi connectivity index (χ4n) is 5.32. The summed E-state index contributed by atoms with van der Waals surface area (Å²) < 4.78 is 11.8. The molecule has 1 saturated carbocycles. The van der Waals surface area contributed by atoms with Gasteiger partial charge in [-0.15, -0.1) is 0 Å². The maximum absolute atomic E-state index is 12.9. The van der Waals surface area contributed by atoms with Crippen LogP contribution in [0.2, 0.25) is 0 Å². The summed E-state index contributed by atoms with van der Waals surface area (Å²) in [5.74, 6) is 1.18. The van der Waals surface area contributed by atoms with E-state index in [4.69, 9.17) is 9.47 Å². The maximum atomic E-state index is 12.9. The Bertz CT molecular complexity index is 949. The van der Waals surface area contributed by atoms with Gasteiger partial charge in [0.05, 0.1) is 18.9 Å². The van der Waals surface area contributed by atoms with Crippen LogP contribution in [-0.4, -0.2) is 75.6 Å². The normalized spacial score (nSPS) is 26.8. The van der Waals surface area contributed by atoms with E-state index in [0.29, 0.717) is 24.7 Å². The fraction of sp³-hybridized carbons (Fsp3) is 0.519. The van der Waals surface area contributed by atoms with Gasteiger partial charge in [0.15, 0.2) is 0 Å². The first kappa shape index (κ1) is 24.1. The van der Waals surface area contributed by atoms with Crippen molar-refractivity contribution in [1.82, 2.24) is 21.1 Å². The number of carbonyl (C=O) groups excluding carboxylic acids is 1. The summed E-state index contributed by atoms with van der Waals surface area (Å²) in [5, 5.41) is 3.19. The number of piperazine rings is 1. The minimum Gasteiger partial charge on any atom is -0.491 e. The van der Waals surface area contributed by atoms with Crippen LogP contribution in [0.3, 0.4) is 0 Å². The number of amides is 1. The van der Waals surface area contributed by atoms with E-state index in [1.54, 1.807) is 0 Å². The van der Waals surface area contributed by atoms with Crippen LogP contribution in [0.5, 0.6) is 5.75 Å². The number of likely N-dealkylation sites (N-methyl/N-ethyl adjacent to an activating group) is 1. The first-order valence-electron chi connectivity index (χ1n) is 12.8. The zero-order valence-corrected chi connectivity index (χ0v) is 20.5. The van der Waals surface area contributed by atoms with Crippen LogP contribution in [-0.2, 0) is 4.74 Å². The lowest BCUT2D eigenvalue weighted by molar-refractivity contribution is -0.00200. The molecule has 2 heterocycles. The highest BCUT2D eigenvalue weighted by atomic mass is 16.5. The van der Waals surface area contributed by atoms with Gasteiger partial charge in [-0.1, -0.05) is 18.2 Å². The summed E-state index contributed by atoms with van der Waals surface area (Å²) in [6.07, 6.45) is 3.05. The number of hydrogen-bond donors (Lipinski definition) is 3. The van der Waals surface area contributed by atoms with Gasteiger partial charge in [0.25, 0.3) is 5.91 Å². The van der Waals surface area contributed by atoms with Gasteiger partial charge in [0, 0.05) is 49.4 Å². The Balaban J connectivity index is 1.05. The molecule has 0 aromatic heterocycles. The molecule has 2 saturated heterocycles. The number of carbonyl (C=O) groups is 1. The molecule has 188 valence electrons. The van der Waals surface area contributed by atoms with Gasteiger partial charge in [-0.05, 0) is 62.7 Å². The van der Waals surface area contributed by atoms with Crippen molar-refractivity contribution in [3.8, 4) is 5.75 Å². The summed E-state index contributed by atoms with van der Waals surface area (Å²) in [4.78, 5) is 17.6. The van der Waals surface area contributed by atoms with Gasteiger partial charge in [0.2, 0.25) is 0 Å². The van der Waals surface area contributed by atoms with Gasteiger partial charge in [-0.3, -0.25) is 10.2 Å².